The summed E-state index contributed by atoms with van der Waals surface area (Å²) in [5, 5.41) is 0.472. The highest BCUT2D eigenvalue weighted by molar-refractivity contribution is 9.11. The van der Waals surface area contributed by atoms with E-state index >= 15 is 0 Å². The van der Waals surface area contributed by atoms with Gasteiger partial charge in [0.2, 0.25) is 0 Å². The molecule has 0 spiro atoms. The van der Waals surface area contributed by atoms with E-state index in [1.807, 2.05) is 0 Å². The molecule has 0 saturated heterocycles. The van der Waals surface area contributed by atoms with E-state index in [0.29, 0.717) is 9.64 Å². The number of aliphatic imine (C=N–C) groups is 1. The molecular weight excluding hydrogens is 189 g/mol. The molecule has 44 valence electrons. The van der Waals surface area contributed by atoms with Crippen LogP contribution in [-0.4, -0.2) is 6.72 Å². The van der Waals surface area contributed by atoms with E-state index in [1.165, 1.54) is 6.08 Å². The van der Waals surface area contributed by atoms with Gasteiger partial charge in [0.25, 0.3) is 0 Å². The maximum Gasteiger partial charge on any atom is 0.123 e. The van der Waals surface area contributed by atoms with E-state index < -0.39 is 0 Å². The average molecular weight is 194 g/mol. The Hall–Kier alpha value is -0.0800. The number of hydrogen-bond acceptors (Lipinski definition) is 1. The van der Waals surface area contributed by atoms with Gasteiger partial charge in [0.15, 0.2) is 0 Å². The van der Waals surface area contributed by atoms with Crippen LogP contribution in [0.3, 0.4) is 0 Å². The second-order valence-electron chi connectivity index (χ2n) is 1.00. The maximum atomic E-state index is 5.50. The quantitative estimate of drug-likeness (QED) is 0.364. The first kappa shape index (κ1) is 7.92. The molecule has 8 heavy (non-hydrogen) atoms. The van der Waals surface area contributed by atoms with Crippen LogP contribution >= 0.6 is 27.5 Å². The van der Waals surface area contributed by atoms with Crippen molar-refractivity contribution in [3.8, 4) is 0 Å². The number of nitrogens with zero attached hydrogens (tertiary/aromatic N) is 1. The number of allylic oxidation sites excluding steroid dienone is 2. The van der Waals surface area contributed by atoms with Crippen molar-refractivity contribution >= 4 is 34.2 Å². The lowest BCUT2D eigenvalue weighted by Crippen LogP contribution is -1.64. The number of rotatable bonds is 2. The predicted octanol–water partition coefficient (Wildman–Crippen LogP) is 2.68. The highest BCUT2D eigenvalue weighted by Crippen LogP contribution is 2.16. The van der Waals surface area contributed by atoms with Crippen molar-refractivity contribution in [2.45, 2.75) is 0 Å². The van der Waals surface area contributed by atoms with Gasteiger partial charge in [0, 0.05) is 0 Å². The Morgan fingerprint density at radius 3 is 2.38 bits per heavy atom. The van der Waals surface area contributed by atoms with Crippen molar-refractivity contribution in [1.82, 2.24) is 0 Å². The first-order valence-electron chi connectivity index (χ1n) is 1.86. The molecule has 0 fully saturated rings. The minimum absolute atomic E-state index is 0.472. The monoisotopic (exact) mass is 193 g/mol. The summed E-state index contributed by atoms with van der Waals surface area (Å²) in [6.45, 7) is 6.66. The van der Waals surface area contributed by atoms with Crippen LogP contribution < -0.4 is 0 Å². The van der Waals surface area contributed by atoms with Crippen LogP contribution in [0.25, 0.3) is 0 Å². The topological polar surface area (TPSA) is 12.4 Å². The molecule has 3 heteroatoms. The fourth-order valence-electron chi connectivity index (χ4n) is 0.160. The summed E-state index contributed by atoms with van der Waals surface area (Å²) in [6, 6.07) is 0. The van der Waals surface area contributed by atoms with Crippen molar-refractivity contribution < 1.29 is 0 Å². The zero-order valence-electron chi connectivity index (χ0n) is 4.19. The van der Waals surface area contributed by atoms with Gasteiger partial charge in [-0.1, -0.05) is 18.2 Å². The first-order valence-corrected chi connectivity index (χ1v) is 3.04. The van der Waals surface area contributed by atoms with E-state index in [2.05, 4.69) is 34.2 Å². The van der Waals surface area contributed by atoms with Crippen molar-refractivity contribution in [2.24, 2.45) is 4.99 Å². The van der Waals surface area contributed by atoms with Crippen LogP contribution in [0.1, 0.15) is 0 Å². The Morgan fingerprint density at radius 1 is 1.75 bits per heavy atom. The van der Waals surface area contributed by atoms with Gasteiger partial charge in [-0.3, -0.25) is 4.99 Å². The van der Waals surface area contributed by atoms with Crippen LogP contribution in [0.4, 0.5) is 0 Å². The van der Waals surface area contributed by atoms with Gasteiger partial charge in [0.05, 0.1) is 5.03 Å². The normalized spacial score (nSPS) is 12.2. The Morgan fingerprint density at radius 2 is 2.25 bits per heavy atom. The predicted molar refractivity (Wildman–Crippen MR) is 41.6 cm³/mol. The Kier molecular flexibility index (Phi) is 3.83. The van der Waals surface area contributed by atoms with E-state index in [0.717, 1.165) is 0 Å². The van der Waals surface area contributed by atoms with E-state index in [-0.39, 0.29) is 0 Å². The summed E-state index contributed by atoms with van der Waals surface area (Å²) in [4.78, 5) is 3.50. The zero-order valence-corrected chi connectivity index (χ0v) is 6.54. The molecule has 0 aliphatic carbocycles. The molecule has 0 aromatic rings. The molecule has 0 heterocycles. The van der Waals surface area contributed by atoms with Crippen molar-refractivity contribution in [1.29, 1.82) is 0 Å². The third kappa shape index (κ3) is 2.28. The molecule has 0 amide bonds. The second-order valence-corrected chi connectivity index (χ2v) is 2.16. The smallest absolute Gasteiger partial charge is 0.123 e. The largest absolute Gasteiger partial charge is 0.256 e. The molecule has 0 unspecified atom stereocenters. The molecule has 0 aliphatic heterocycles. The third-order valence-electron chi connectivity index (χ3n) is 0.515. The minimum atomic E-state index is 0.472. The second kappa shape index (κ2) is 3.87. The van der Waals surface area contributed by atoms with Crippen LogP contribution in [0.5, 0.6) is 0 Å². The Bertz CT molecular complexity index is 123. The molecule has 0 aromatic heterocycles. The van der Waals surface area contributed by atoms with Crippen LogP contribution in [0, 0.1) is 0 Å². The molecule has 0 aliphatic rings. The molecule has 0 rings (SSSR count). The Labute approximate surface area is 61.9 Å². The van der Waals surface area contributed by atoms with Gasteiger partial charge < -0.3 is 0 Å². The van der Waals surface area contributed by atoms with Gasteiger partial charge in [0.1, 0.15) is 4.61 Å². The third-order valence-corrected chi connectivity index (χ3v) is 1.75. The molecule has 0 saturated carbocycles. The lowest BCUT2D eigenvalue weighted by molar-refractivity contribution is 1.56. The summed E-state index contributed by atoms with van der Waals surface area (Å²) in [5.41, 5.74) is 0. The maximum absolute atomic E-state index is 5.50. The van der Waals surface area contributed by atoms with E-state index in [9.17, 15) is 0 Å². The lowest BCUT2D eigenvalue weighted by Gasteiger charge is -1.86. The highest BCUT2D eigenvalue weighted by Gasteiger charge is 1.89. The molecule has 0 aromatic carbocycles. The fraction of sp³-hybridized carbons (Fsp3) is 0. The molecule has 0 atom stereocenters. The van der Waals surface area contributed by atoms with Crippen LogP contribution in [0.15, 0.2) is 27.3 Å². The summed E-state index contributed by atoms with van der Waals surface area (Å²) in [6.07, 6.45) is 1.49. The zero-order chi connectivity index (χ0) is 6.57. The summed E-state index contributed by atoms with van der Waals surface area (Å²) in [7, 11) is 0. The lowest BCUT2D eigenvalue weighted by atomic mass is 10.6. The Balaban J connectivity index is 4.25. The van der Waals surface area contributed by atoms with Gasteiger partial charge in [-0.15, -0.1) is 0 Å². The average Bonchev–Trinajstić information content (AvgIpc) is 1.84. The van der Waals surface area contributed by atoms with Crippen molar-refractivity contribution in [3.05, 3.63) is 22.3 Å². The molecule has 0 N–H and O–H groups in total. The molecule has 0 radical (unpaired) electrons. The number of halogens is 2. The highest BCUT2D eigenvalue weighted by atomic mass is 79.9. The SMILES string of the molecule is C=C/C(Cl)=C(/Br)N=C. The van der Waals surface area contributed by atoms with E-state index in [4.69, 9.17) is 11.6 Å². The van der Waals surface area contributed by atoms with Gasteiger partial charge in [-0.25, -0.2) is 0 Å². The van der Waals surface area contributed by atoms with Crippen LogP contribution in [-0.2, 0) is 0 Å². The molecule has 0 bridgehead atoms. The summed E-state index contributed by atoms with van der Waals surface area (Å²) in [5.74, 6) is 0. The minimum Gasteiger partial charge on any atom is -0.256 e. The van der Waals surface area contributed by atoms with Crippen molar-refractivity contribution in [2.75, 3.05) is 0 Å². The molecular formula is C5H5BrClN. The van der Waals surface area contributed by atoms with E-state index in [1.54, 1.807) is 0 Å². The number of hydrogen-bond donors (Lipinski definition) is 0. The van der Waals surface area contributed by atoms with Gasteiger partial charge in [-0.05, 0) is 28.7 Å². The standard InChI is InChI=1S/C5H5BrClN/c1-3-4(7)5(6)8-2/h3H,1-2H2/b5-4+. The summed E-state index contributed by atoms with van der Waals surface area (Å²) >= 11 is 8.55. The van der Waals surface area contributed by atoms with Gasteiger partial charge >= 0.3 is 0 Å². The fourth-order valence-corrected chi connectivity index (χ4v) is 0.381. The molecule has 1 nitrogen and oxygen atoms in total. The first-order chi connectivity index (χ1) is 3.72. The van der Waals surface area contributed by atoms with Gasteiger partial charge in [-0.2, -0.15) is 0 Å². The van der Waals surface area contributed by atoms with Crippen molar-refractivity contribution in [3.63, 3.8) is 0 Å². The van der Waals surface area contributed by atoms with Crippen LogP contribution in [0.2, 0.25) is 0 Å². The summed E-state index contributed by atoms with van der Waals surface area (Å²) < 4.78 is 0.522.